The quantitative estimate of drug-likeness (QED) is 0.229. The number of thiocarbonyl (C=S) groups is 1. The first-order valence-electron chi connectivity index (χ1n) is 13.0. The number of carbonyl (C=O) groups is 2. The van der Waals surface area contributed by atoms with Crippen LogP contribution >= 0.6 is 12.2 Å². The van der Waals surface area contributed by atoms with Crippen LogP contribution in [0.1, 0.15) is 57.0 Å². The molecule has 40 heavy (non-hydrogen) atoms. The summed E-state index contributed by atoms with van der Waals surface area (Å²) in [6, 6.07) is 19.8. The van der Waals surface area contributed by atoms with Gasteiger partial charge in [0.15, 0.2) is 5.11 Å². The largest absolute Gasteiger partial charge is 0.478 e. The second-order valence-corrected chi connectivity index (χ2v) is 10.4. The number of aromatic nitrogens is 1. The minimum atomic E-state index is -0.976. The summed E-state index contributed by atoms with van der Waals surface area (Å²) in [4.78, 5) is 30.9. The molecular weight excluding hydrogens is 524 g/mol. The van der Waals surface area contributed by atoms with Gasteiger partial charge in [-0.05, 0) is 92.1 Å². The maximum Gasteiger partial charge on any atom is 0.335 e. The summed E-state index contributed by atoms with van der Waals surface area (Å²) >= 11 is 5.73. The van der Waals surface area contributed by atoms with Gasteiger partial charge in [0.2, 0.25) is 5.91 Å². The van der Waals surface area contributed by atoms with Crippen molar-refractivity contribution in [2.24, 2.45) is 0 Å². The highest BCUT2D eigenvalue weighted by molar-refractivity contribution is 7.80. The highest BCUT2D eigenvalue weighted by Gasteiger charge is 2.41. The number of carboxylic acids is 1. The Labute approximate surface area is 238 Å². The van der Waals surface area contributed by atoms with Crippen LogP contribution in [-0.4, -0.2) is 38.5 Å². The van der Waals surface area contributed by atoms with E-state index in [1.54, 1.807) is 24.4 Å². The molecule has 2 aromatic heterocycles. The van der Waals surface area contributed by atoms with Gasteiger partial charge in [0.25, 0.3) is 0 Å². The number of hydrogen-bond donors (Lipinski definition) is 3. The van der Waals surface area contributed by atoms with Crippen molar-refractivity contribution in [1.29, 1.82) is 0 Å². The lowest BCUT2D eigenvalue weighted by Gasteiger charge is -2.26. The monoisotopic (exact) mass is 554 g/mol. The topological polar surface area (TPSA) is 108 Å². The van der Waals surface area contributed by atoms with E-state index in [1.807, 2.05) is 74.2 Å². The molecule has 1 aliphatic rings. The molecule has 2 aromatic carbocycles. The van der Waals surface area contributed by atoms with E-state index >= 15 is 0 Å². The van der Waals surface area contributed by atoms with Crippen molar-refractivity contribution in [3.05, 3.63) is 107 Å². The fraction of sp³-hybridized carbons (Fsp3) is 0.226. The summed E-state index contributed by atoms with van der Waals surface area (Å²) in [5, 5.41) is 16.2. The van der Waals surface area contributed by atoms with Crippen molar-refractivity contribution in [2.45, 2.75) is 39.3 Å². The highest BCUT2D eigenvalue weighted by Crippen LogP contribution is 2.41. The number of nitrogens with zero attached hydrogens (tertiary/aromatic N) is 2. The smallest absolute Gasteiger partial charge is 0.335 e. The number of amides is 1. The molecule has 3 N–H and O–H groups in total. The van der Waals surface area contributed by atoms with Gasteiger partial charge in [0, 0.05) is 30.4 Å². The van der Waals surface area contributed by atoms with Crippen LogP contribution in [0, 0.1) is 20.8 Å². The van der Waals surface area contributed by atoms with Gasteiger partial charge in [0.1, 0.15) is 17.6 Å². The van der Waals surface area contributed by atoms with Crippen LogP contribution in [0.4, 0.5) is 5.69 Å². The lowest BCUT2D eigenvalue weighted by molar-refractivity contribution is -0.116. The molecule has 1 fully saturated rings. The van der Waals surface area contributed by atoms with E-state index < -0.39 is 5.97 Å². The molecule has 0 spiro atoms. The SMILES string of the molecule is Cc1ccc(C)c(NC(=O)CCN2C(=S)NC(c3ccccn3)C2c2ccc(-c3ccc(C(=O)O)cc3C)o2)c1. The third-order valence-electron chi connectivity index (χ3n) is 7.10. The number of rotatable bonds is 8. The van der Waals surface area contributed by atoms with Gasteiger partial charge in [-0.2, -0.15) is 0 Å². The molecule has 1 saturated heterocycles. The number of benzene rings is 2. The zero-order valence-electron chi connectivity index (χ0n) is 22.5. The van der Waals surface area contributed by atoms with Gasteiger partial charge < -0.3 is 25.1 Å². The molecule has 1 aliphatic heterocycles. The second kappa shape index (κ2) is 11.3. The molecule has 9 heteroatoms. The van der Waals surface area contributed by atoms with E-state index in [0.29, 0.717) is 23.2 Å². The molecule has 0 aliphatic carbocycles. The van der Waals surface area contributed by atoms with Crippen molar-refractivity contribution in [3.63, 3.8) is 0 Å². The fourth-order valence-electron chi connectivity index (χ4n) is 4.99. The molecule has 0 saturated carbocycles. The van der Waals surface area contributed by atoms with Crippen molar-refractivity contribution in [3.8, 4) is 11.3 Å². The van der Waals surface area contributed by atoms with Gasteiger partial charge in [-0.25, -0.2) is 4.79 Å². The van der Waals surface area contributed by atoms with Crippen LogP contribution < -0.4 is 10.6 Å². The first-order valence-corrected chi connectivity index (χ1v) is 13.4. The third kappa shape index (κ3) is 5.60. The number of aromatic carboxylic acids is 1. The fourth-order valence-corrected chi connectivity index (χ4v) is 5.32. The molecule has 2 atom stereocenters. The van der Waals surface area contributed by atoms with E-state index in [9.17, 15) is 14.7 Å². The molecule has 1 amide bonds. The van der Waals surface area contributed by atoms with Gasteiger partial charge in [0.05, 0.1) is 17.3 Å². The van der Waals surface area contributed by atoms with Gasteiger partial charge in [-0.15, -0.1) is 0 Å². The average Bonchev–Trinajstić information content (AvgIpc) is 3.54. The number of carboxylic acid groups (broad SMARTS) is 1. The zero-order valence-corrected chi connectivity index (χ0v) is 23.3. The van der Waals surface area contributed by atoms with E-state index in [0.717, 1.165) is 33.6 Å². The normalized spacial score (nSPS) is 16.6. The van der Waals surface area contributed by atoms with Gasteiger partial charge in [-0.1, -0.05) is 24.3 Å². The summed E-state index contributed by atoms with van der Waals surface area (Å²) in [6.07, 6.45) is 1.96. The van der Waals surface area contributed by atoms with E-state index in [2.05, 4.69) is 15.6 Å². The van der Waals surface area contributed by atoms with Crippen LogP contribution in [0.5, 0.6) is 0 Å². The predicted molar refractivity (Wildman–Crippen MR) is 157 cm³/mol. The van der Waals surface area contributed by atoms with Gasteiger partial charge >= 0.3 is 5.97 Å². The molecule has 0 radical (unpaired) electrons. The van der Waals surface area contributed by atoms with Crippen LogP contribution in [0.25, 0.3) is 11.3 Å². The van der Waals surface area contributed by atoms with E-state index in [-0.39, 0.29) is 30.0 Å². The summed E-state index contributed by atoms with van der Waals surface area (Å²) in [5.41, 5.74) is 5.50. The maximum atomic E-state index is 13.0. The van der Waals surface area contributed by atoms with Gasteiger partial charge in [-0.3, -0.25) is 9.78 Å². The molecule has 4 aromatic rings. The molecule has 3 heterocycles. The minimum Gasteiger partial charge on any atom is -0.478 e. The average molecular weight is 555 g/mol. The first kappa shape index (κ1) is 27.1. The molecule has 204 valence electrons. The highest BCUT2D eigenvalue weighted by atomic mass is 32.1. The molecule has 8 nitrogen and oxygen atoms in total. The minimum absolute atomic E-state index is 0.106. The van der Waals surface area contributed by atoms with Crippen LogP contribution in [0.15, 0.2) is 77.3 Å². The third-order valence-corrected chi connectivity index (χ3v) is 7.45. The zero-order chi connectivity index (χ0) is 28.4. The summed E-state index contributed by atoms with van der Waals surface area (Å²) in [6.45, 7) is 6.19. The lowest BCUT2D eigenvalue weighted by Crippen LogP contribution is -2.32. The lowest BCUT2D eigenvalue weighted by atomic mass is 10.0. The number of aryl methyl sites for hydroxylation is 3. The Hall–Kier alpha value is -4.50. The number of carbonyl (C=O) groups excluding carboxylic acids is 1. The standard InChI is InChI=1S/C31H30N4O4S/c1-18-7-8-19(2)24(16-18)33-27(36)13-15-35-29(28(34-31(35)40)23-6-4-5-14-32-23)26-12-11-25(39-26)22-10-9-21(30(37)38)17-20(22)3/h4-12,14,16-17,28-29H,13,15H2,1-3H3,(H,33,36)(H,34,40)(H,37,38). The van der Waals surface area contributed by atoms with Crippen molar-refractivity contribution < 1.29 is 19.1 Å². The van der Waals surface area contributed by atoms with Crippen LogP contribution in [0.2, 0.25) is 0 Å². The van der Waals surface area contributed by atoms with E-state index in [4.69, 9.17) is 16.6 Å². The summed E-state index contributed by atoms with van der Waals surface area (Å²) < 4.78 is 6.38. The predicted octanol–water partition coefficient (Wildman–Crippen LogP) is 5.97. The number of nitrogens with one attached hydrogen (secondary N) is 2. The Bertz CT molecular complexity index is 1580. The van der Waals surface area contributed by atoms with Crippen molar-refractivity contribution in [2.75, 3.05) is 11.9 Å². The second-order valence-electron chi connectivity index (χ2n) is 9.97. The van der Waals surface area contributed by atoms with Crippen molar-refractivity contribution in [1.82, 2.24) is 15.2 Å². The number of anilines is 1. The molecule has 0 bridgehead atoms. The van der Waals surface area contributed by atoms with Crippen LogP contribution in [-0.2, 0) is 4.79 Å². The Morgan fingerprint density at radius 3 is 2.60 bits per heavy atom. The van der Waals surface area contributed by atoms with Crippen molar-refractivity contribution >= 4 is 34.9 Å². The summed E-state index contributed by atoms with van der Waals surface area (Å²) in [5.74, 6) is 0.200. The number of pyridine rings is 1. The Balaban J connectivity index is 1.41. The number of furan rings is 1. The number of hydrogen-bond acceptors (Lipinski definition) is 5. The maximum absolute atomic E-state index is 13.0. The molecule has 5 rings (SSSR count). The summed E-state index contributed by atoms with van der Waals surface area (Å²) in [7, 11) is 0. The first-order chi connectivity index (χ1) is 19.2. The Morgan fingerprint density at radius 2 is 1.88 bits per heavy atom. The Morgan fingerprint density at radius 1 is 1.05 bits per heavy atom. The van der Waals surface area contributed by atoms with Crippen LogP contribution in [0.3, 0.4) is 0 Å². The molecular formula is C31H30N4O4S. The Kier molecular flexibility index (Phi) is 7.66. The molecule has 2 unspecified atom stereocenters. The van der Waals surface area contributed by atoms with E-state index in [1.165, 1.54) is 0 Å².